The van der Waals surface area contributed by atoms with Gasteiger partial charge >= 0.3 is 5.97 Å². The zero-order valence-corrected chi connectivity index (χ0v) is 12.8. The topological polar surface area (TPSA) is 60.9 Å². The standard InChI is InChI=1S/C15H26N2O3/c1-15(2)10-17(9-8-16(15)3)13(18)11-4-6-12(7-5-11)14(19)20/h11-12H,4-10H2,1-3H3,(H,19,20). The number of carbonyl (C=O) groups excluding carboxylic acids is 1. The maximum absolute atomic E-state index is 12.6. The number of carboxylic acids is 1. The second kappa shape index (κ2) is 5.72. The second-order valence-corrected chi connectivity index (χ2v) is 6.88. The van der Waals surface area contributed by atoms with Crippen LogP contribution in [0.3, 0.4) is 0 Å². The zero-order chi connectivity index (χ0) is 14.9. The Morgan fingerprint density at radius 2 is 1.60 bits per heavy atom. The van der Waals surface area contributed by atoms with Crippen LogP contribution in [-0.2, 0) is 9.59 Å². The maximum Gasteiger partial charge on any atom is 0.306 e. The number of aliphatic carboxylic acids is 1. The summed E-state index contributed by atoms with van der Waals surface area (Å²) in [4.78, 5) is 27.8. The molecule has 0 aromatic rings. The predicted octanol–water partition coefficient (Wildman–Crippen LogP) is 1.43. The van der Waals surface area contributed by atoms with Gasteiger partial charge in [0.15, 0.2) is 0 Å². The van der Waals surface area contributed by atoms with E-state index in [4.69, 9.17) is 5.11 Å². The Morgan fingerprint density at radius 1 is 1.05 bits per heavy atom. The Balaban J connectivity index is 1.91. The summed E-state index contributed by atoms with van der Waals surface area (Å²) in [7, 11) is 2.10. The molecular weight excluding hydrogens is 256 g/mol. The number of carboxylic acid groups (broad SMARTS) is 1. The third-order valence-electron chi connectivity index (χ3n) is 5.05. The fourth-order valence-corrected chi connectivity index (χ4v) is 3.27. The van der Waals surface area contributed by atoms with Crippen LogP contribution in [-0.4, -0.2) is 59.0 Å². The third-order valence-corrected chi connectivity index (χ3v) is 5.05. The first-order valence-electron chi connectivity index (χ1n) is 7.54. The normalized spacial score (nSPS) is 31.1. The average Bonchev–Trinajstić information content (AvgIpc) is 2.41. The molecule has 1 aliphatic carbocycles. The molecule has 0 atom stereocenters. The van der Waals surface area contributed by atoms with Crippen molar-refractivity contribution < 1.29 is 14.7 Å². The van der Waals surface area contributed by atoms with Crippen molar-refractivity contribution in [3.05, 3.63) is 0 Å². The van der Waals surface area contributed by atoms with Crippen molar-refractivity contribution >= 4 is 11.9 Å². The van der Waals surface area contributed by atoms with Gasteiger partial charge in [-0.15, -0.1) is 0 Å². The van der Waals surface area contributed by atoms with Crippen LogP contribution < -0.4 is 0 Å². The van der Waals surface area contributed by atoms with Crippen molar-refractivity contribution in [1.82, 2.24) is 9.80 Å². The van der Waals surface area contributed by atoms with Crippen molar-refractivity contribution in [1.29, 1.82) is 0 Å². The number of hydrogen-bond donors (Lipinski definition) is 1. The summed E-state index contributed by atoms with van der Waals surface area (Å²) in [6.07, 6.45) is 2.73. The van der Waals surface area contributed by atoms with Gasteiger partial charge in [-0.25, -0.2) is 0 Å². The third kappa shape index (κ3) is 3.14. The molecule has 1 heterocycles. The van der Waals surface area contributed by atoms with Gasteiger partial charge in [-0.3, -0.25) is 14.5 Å². The van der Waals surface area contributed by atoms with Gasteiger partial charge in [-0.05, 0) is 46.6 Å². The molecule has 0 spiro atoms. The van der Waals surface area contributed by atoms with E-state index in [1.165, 1.54) is 0 Å². The maximum atomic E-state index is 12.6. The number of carbonyl (C=O) groups is 2. The molecular formula is C15H26N2O3. The van der Waals surface area contributed by atoms with E-state index in [1.807, 2.05) is 4.90 Å². The highest BCUT2D eigenvalue weighted by Gasteiger charge is 2.37. The fourth-order valence-electron chi connectivity index (χ4n) is 3.27. The molecule has 1 saturated heterocycles. The van der Waals surface area contributed by atoms with Crippen LogP contribution in [0, 0.1) is 11.8 Å². The zero-order valence-electron chi connectivity index (χ0n) is 12.8. The second-order valence-electron chi connectivity index (χ2n) is 6.88. The summed E-state index contributed by atoms with van der Waals surface area (Å²) in [5.41, 5.74) is 0.0200. The molecule has 1 N–H and O–H groups in total. The van der Waals surface area contributed by atoms with Crippen molar-refractivity contribution in [2.75, 3.05) is 26.7 Å². The van der Waals surface area contributed by atoms with Crippen molar-refractivity contribution in [3.63, 3.8) is 0 Å². The smallest absolute Gasteiger partial charge is 0.306 e. The molecule has 0 aromatic carbocycles. The molecule has 0 bridgehead atoms. The molecule has 0 unspecified atom stereocenters. The van der Waals surface area contributed by atoms with Crippen LogP contribution in [0.2, 0.25) is 0 Å². The lowest BCUT2D eigenvalue weighted by Crippen LogP contribution is -2.59. The summed E-state index contributed by atoms with van der Waals surface area (Å²) >= 11 is 0. The number of hydrogen-bond acceptors (Lipinski definition) is 3. The van der Waals surface area contributed by atoms with Crippen molar-refractivity contribution in [3.8, 4) is 0 Å². The Labute approximate surface area is 120 Å². The first-order chi connectivity index (χ1) is 9.31. The summed E-state index contributed by atoms with van der Waals surface area (Å²) in [5.74, 6) is -0.695. The lowest BCUT2D eigenvalue weighted by atomic mass is 9.81. The van der Waals surface area contributed by atoms with Gasteiger partial charge in [0.1, 0.15) is 0 Å². The lowest BCUT2D eigenvalue weighted by molar-refractivity contribution is -0.147. The Hall–Kier alpha value is -1.10. The van der Waals surface area contributed by atoms with Gasteiger partial charge < -0.3 is 10.0 Å². The van der Waals surface area contributed by atoms with Gasteiger partial charge in [-0.1, -0.05) is 0 Å². The molecule has 114 valence electrons. The van der Waals surface area contributed by atoms with E-state index in [0.29, 0.717) is 12.8 Å². The van der Waals surface area contributed by atoms with Gasteiger partial charge in [0.05, 0.1) is 5.92 Å². The van der Waals surface area contributed by atoms with Crippen molar-refractivity contribution in [2.45, 2.75) is 45.1 Å². The highest BCUT2D eigenvalue weighted by Crippen LogP contribution is 2.31. The quantitative estimate of drug-likeness (QED) is 0.832. The lowest BCUT2D eigenvalue weighted by Gasteiger charge is -2.46. The Morgan fingerprint density at radius 3 is 2.10 bits per heavy atom. The van der Waals surface area contributed by atoms with Crippen LogP contribution in [0.25, 0.3) is 0 Å². The molecule has 1 amide bonds. The van der Waals surface area contributed by atoms with Crippen LogP contribution in [0.5, 0.6) is 0 Å². The molecule has 1 aliphatic heterocycles. The summed E-state index contributed by atoms with van der Waals surface area (Å²) in [6.45, 7) is 6.78. The largest absolute Gasteiger partial charge is 0.481 e. The number of amides is 1. The molecule has 2 aliphatic rings. The molecule has 2 fully saturated rings. The Bertz CT molecular complexity index is 387. The highest BCUT2D eigenvalue weighted by molar-refractivity contribution is 5.79. The van der Waals surface area contributed by atoms with E-state index in [-0.39, 0.29) is 23.3 Å². The van der Waals surface area contributed by atoms with Crippen LogP contribution in [0.1, 0.15) is 39.5 Å². The van der Waals surface area contributed by atoms with Gasteiger partial charge in [0.2, 0.25) is 5.91 Å². The first kappa shape index (κ1) is 15.3. The van der Waals surface area contributed by atoms with Gasteiger partial charge in [0.25, 0.3) is 0 Å². The SMILES string of the molecule is CN1CCN(C(=O)C2CCC(C(=O)O)CC2)CC1(C)C. The fraction of sp³-hybridized carbons (Fsp3) is 0.867. The monoisotopic (exact) mass is 282 g/mol. The van der Waals surface area contributed by atoms with Gasteiger partial charge in [0, 0.05) is 31.1 Å². The molecule has 0 radical (unpaired) electrons. The molecule has 5 nitrogen and oxygen atoms in total. The van der Waals surface area contributed by atoms with Crippen LogP contribution in [0.15, 0.2) is 0 Å². The van der Waals surface area contributed by atoms with E-state index >= 15 is 0 Å². The van der Waals surface area contributed by atoms with Gasteiger partial charge in [-0.2, -0.15) is 0 Å². The van der Waals surface area contributed by atoms with E-state index < -0.39 is 5.97 Å². The number of nitrogens with zero attached hydrogens (tertiary/aromatic N) is 2. The van der Waals surface area contributed by atoms with E-state index in [0.717, 1.165) is 32.5 Å². The van der Waals surface area contributed by atoms with E-state index in [9.17, 15) is 9.59 Å². The minimum atomic E-state index is -0.711. The summed E-state index contributed by atoms with van der Waals surface area (Å²) in [6, 6.07) is 0. The summed E-state index contributed by atoms with van der Waals surface area (Å²) in [5, 5.41) is 9.01. The predicted molar refractivity (Wildman–Crippen MR) is 76.4 cm³/mol. The molecule has 0 aromatic heterocycles. The number of likely N-dealkylation sites (N-methyl/N-ethyl adjacent to an activating group) is 1. The van der Waals surface area contributed by atoms with Crippen LogP contribution in [0.4, 0.5) is 0 Å². The molecule has 1 saturated carbocycles. The molecule has 5 heteroatoms. The van der Waals surface area contributed by atoms with Crippen molar-refractivity contribution in [2.24, 2.45) is 11.8 Å². The first-order valence-corrected chi connectivity index (χ1v) is 7.54. The minimum absolute atomic E-state index is 0.0200. The highest BCUT2D eigenvalue weighted by atomic mass is 16.4. The summed E-state index contributed by atoms with van der Waals surface area (Å²) < 4.78 is 0. The Kier molecular flexibility index (Phi) is 4.37. The molecule has 20 heavy (non-hydrogen) atoms. The average molecular weight is 282 g/mol. The van der Waals surface area contributed by atoms with E-state index in [1.54, 1.807) is 0 Å². The number of piperazine rings is 1. The van der Waals surface area contributed by atoms with Crippen LogP contribution >= 0.6 is 0 Å². The minimum Gasteiger partial charge on any atom is -0.481 e. The number of rotatable bonds is 2. The molecule has 2 rings (SSSR count). The van der Waals surface area contributed by atoms with E-state index in [2.05, 4.69) is 25.8 Å².